The van der Waals surface area contributed by atoms with Gasteiger partial charge < -0.3 is 41.0 Å². The molecule has 0 bridgehead atoms. The van der Waals surface area contributed by atoms with Crippen LogP contribution in [-0.2, 0) is 32.2 Å². The van der Waals surface area contributed by atoms with Gasteiger partial charge in [-0.05, 0) is 48.6 Å². The third-order valence-electron chi connectivity index (χ3n) is 9.60. The Bertz CT molecular complexity index is 1820. The lowest BCUT2D eigenvalue weighted by atomic mass is 9.82. The maximum atomic E-state index is 12.8. The maximum absolute atomic E-state index is 12.8. The minimum atomic E-state index is -0.957. The second-order valence-electron chi connectivity index (χ2n) is 12.4. The van der Waals surface area contributed by atoms with Gasteiger partial charge in [0.15, 0.2) is 10.9 Å². The number of allylic oxidation sites excluding steroid dienone is 2. The molecule has 0 spiro atoms. The number of thioether (sulfide) groups is 1. The number of benzene rings is 2. The Hall–Kier alpha value is -4.08. The number of aliphatic imine (C=N–C) groups is 1. The van der Waals surface area contributed by atoms with Gasteiger partial charge in [0.1, 0.15) is 6.61 Å². The van der Waals surface area contributed by atoms with Gasteiger partial charge in [-0.2, -0.15) is 4.99 Å². The molecule has 4 atom stereocenters. The first-order valence-electron chi connectivity index (χ1n) is 15.9. The highest BCUT2D eigenvalue weighted by atomic mass is 35.5. The zero-order valence-corrected chi connectivity index (χ0v) is 30.0. The lowest BCUT2D eigenvalue weighted by Gasteiger charge is -2.39. The third-order valence-corrected chi connectivity index (χ3v) is 10.8. The fourth-order valence-electron chi connectivity index (χ4n) is 7.05. The number of rotatable bonds is 7. The molecule has 50 heavy (non-hydrogen) atoms. The number of Topliss-reactive ketones (excluding diaryl/α,β-unsaturated/α-hetero) is 2. The second kappa shape index (κ2) is 14.3. The number of urea groups is 1. The standard InChI is InChI=1S/C19H19Cl2N3OS.C15H18N4O5/c1-26-19-22-18(25)23(12-14-2-6-16(20)7-3-14)10-11-24(19)13-15-4-8-17(21)9-5-15;1-5-9(16)12(21)8-6(4-24-14(17)22)15(23-2)13-7(18-13)3-19(15)10(8)11(5)20/h2-9H,10-13H2,1H3;6-7,13,18H,3-4,16H2,1-2H3,(H2,17,22)/t;6-,7+,13+,15?/m.1/s1. The molecule has 3 amide bonds. The molecule has 2 fully saturated rings. The highest BCUT2D eigenvalue weighted by Crippen LogP contribution is 2.55. The highest BCUT2D eigenvalue weighted by molar-refractivity contribution is 8.13. The molecular formula is C34H37Cl2N7O6S. The van der Waals surface area contributed by atoms with Crippen LogP contribution in [0.25, 0.3) is 0 Å². The molecule has 5 N–H and O–H groups in total. The topological polar surface area (TPSA) is 183 Å². The molecule has 1 unspecified atom stereocenters. The van der Waals surface area contributed by atoms with E-state index in [0.29, 0.717) is 41.9 Å². The summed E-state index contributed by atoms with van der Waals surface area (Å²) in [5, 5.41) is 5.42. The number of halogens is 2. The normalized spacial score (nSPS) is 25.5. The summed E-state index contributed by atoms with van der Waals surface area (Å²) in [6, 6.07) is 15.2. The van der Waals surface area contributed by atoms with Gasteiger partial charge in [0.2, 0.25) is 11.6 Å². The number of ketones is 2. The van der Waals surface area contributed by atoms with E-state index in [4.69, 9.17) is 44.1 Å². The number of amidine groups is 1. The maximum Gasteiger partial charge on any atom is 0.404 e. The van der Waals surface area contributed by atoms with Crippen LogP contribution in [0.1, 0.15) is 18.1 Å². The van der Waals surface area contributed by atoms with E-state index in [2.05, 4.69) is 15.2 Å². The van der Waals surface area contributed by atoms with E-state index in [1.54, 1.807) is 4.90 Å². The summed E-state index contributed by atoms with van der Waals surface area (Å²) in [5.74, 6) is -1.34. The predicted molar refractivity (Wildman–Crippen MR) is 190 cm³/mol. The van der Waals surface area contributed by atoms with Crippen LogP contribution in [0.4, 0.5) is 9.59 Å². The average Bonchev–Trinajstić information content (AvgIpc) is 3.75. The van der Waals surface area contributed by atoms with E-state index in [9.17, 15) is 19.2 Å². The predicted octanol–water partition coefficient (Wildman–Crippen LogP) is 3.50. The van der Waals surface area contributed by atoms with Crippen LogP contribution in [0.2, 0.25) is 10.0 Å². The molecule has 13 nitrogen and oxygen atoms in total. The monoisotopic (exact) mass is 741 g/mol. The van der Waals surface area contributed by atoms with Crippen LogP contribution >= 0.6 is 35.0 Å². The van der Waals surface area contributed by atoms with Crippen molar-refractivity contribution in [2.45, 2.75) is 37.8 Å². The number of primary amides is 1. The number of ether oxygens (including phenoxy) is 2. The summed E-state index contributed by atoms with van der Waals surface area (Å²) in [5.41, 5.74) is 12.8. The molecule has 7 rings (SSSR count). The highest BCUT2D eigenvalue weighted by Gasteiger charge is 2.72. The van der Waals surface area contributed by atoms with Crippen LogP contribution < -0.4 is 16.8 Å². The van der Waals surface area contributed by atoms with E-state index >= 15 is 0 Å². The largest absolute Gasteiger partial charge is 0.449 e. The first-order chi connectivity index (χ1) is 23.9. The average molecular weight is 743 g/mol. The van der Waals surface area contributed by atoms with Crippen molar-refractivity contribution in [1.82, 2.24) is 20.0 Å². The molecule has 4 aliphatic heterocycles. The lowest BCUT2D eigenvalue weighted by molar-refractivity contribution is -0.137. The number of nitrogens with one attached hydrogen (secondary N) is 1. The Kier molecular flexibility index (Phi) is 10.2. The van der Waals surface area contributed by atoms with Gasteiger partial charge in [0, 0.05) is 67.1 Å². The fourth-order valence-corrected chi connectivity index (χ4v) is 7.89. The lowest BCUT2D eigenvalue weighted by Crippen LogP contribution is -2.55. The van der Waals surface area contributed by atoms with Gasteiger partial charge in [-0.25, -0.2) is 9.59 Å². The molecule has 0 aromatic heterocycles. The Morgan fingerprint density at radius 3 is 2.14 bits per heavy atom. The summed E-state index contributed by atoms with van der Waals surface area (Å²) in [6.45, 7) is 4.47. The van der Waals surface area contributed by atoms with Gasteiger partial charge in [0.05, 0.1) is 23.4 Å². The van der Waals surface area contributed by atoms with Crippen molar-refractivity contribution in [2.24, 2.45) is 22.4 Å². The summed E-state index contributed by atoms with van der Waals surface area (Å²) in [7, 11) is 1.52. The van der Waals surface area contributed by atoms with Crippen molar-refractivity contribution in [2.75, 3.05) is 39.6 Å². The van der Waals surface area contributed by atoms with Crippen molar-refractivity contribution in [3.8, 4) is 0 Å². The smallest absolute Gasteiger partial charge is 0.404 e. The van der Waals surface area contributed by atoms with Crippen LogP contribution in [0.3, 0.4) is 0 Å². The van der Waals surface area contributed by atoms with E-state index in [-0.39, 0.29) is 47.3 Å². The van der Waals surface area contributed by atoms with E-state index in [0.717, 1.165) is 22.8 Å². The number of hydrogen-bond acceptors (Lipinski definition) is 11. The Labute approximate surface area is 303 Å². The van der Waals surface area contributed by atoms with Crippen molar-refractivity contribution in [1.29, 1.82) is 0 Å². The quantitative estimate of drug-likeness (QED) is 0.279. The Morgan fingerprint density at radius 1 is 1.00 bits per heavy atom. The zero-order chi connectivity index (χ0) is 35.9. The van der Waals surface area contributed by atoms with Gasteiger partial charge in [0.25, 0.3) is 0 Å². The second-order valence-corrected chi connectivity index (χ2v) is 14.1. The fraction of sp³-hybridized carbons (Fsp3) is 0.382. The van der Waals surface area contributed by atoms with Crippen molar-refractivity contribution in [3.63, 3.8) is 0 Å². The SMILES string of the molecule is COC12[C@H](COC(N)=O)C3=C(C(=O)C(C)=C(N)C3=O)N1C[C@@H]1N[C@@H]12.CSC1=NC(=O)N(Cc2ccc(Cl)cc2)CCN1Cc1ccc(Cl)cc1. The summed E-state index contributed by atoms with van der Waals surface area (Å²) in [4.78, 5) is 59.2. The summed E-state index contributed by atoms with van der Waals surface area (Å²) >= 11 is 13.4. The van der Waals surface area contributed by atoms with Crippen LogP contribution in [-0.4, -0.2) is 101 Å². The molecule has 0 saturated carbocycles. The van der Waals surface area contributed by atoms with E-state index in [1.165, 1.54) is 25.8 Å². The van der Waals surface area contributed by atoms with Gasteiger partial charge in [-0.15, -0.1) is 0 Å². The number of amides is 3. The molecule has 2 aromatic carbocycles. The molecule has 264 valence electrons. The Morgan fingerprint density at radius 2 is 1.58 bits per heavy atom. The Balaban J connectivity index is 0.000000173. The summed E-state index contributed by atoms with van der Waals surface area (Å²) in [6.07, 6.45) is 0.991. The minimum Gasteiger partial charge on any atom is -0.449 e. The molecule has 16 heteroatoms. The zero-order valence-electron chi connectivity index (χ0n) is 27.7. The number of carbonyl (C=O) groups is 4. The van der Waals surface area contributed by atoms with Crippen molar-refractivity contribution in [3.05, 3.63) is 92.2 Å². The van der Waals surface area contributed by atoms with Gasteiger partial charge in [-0.1, -0.05) is 59.2 Å². The molecular weight excluding hydrogens is 705 g/mol. The molecule has 4 heterocycles. The third kappa shape index (κ3) is 6.58. The van der Waals surface area contributed by atoms with Crippen LogP contribution in [0.15, 0.2) is 76.1 Å². The van der Waals surface area contributed by atoms with E-state index in [1.807, 2.05) is 59.7 Å². The van der Waals surface area contributed by atoms with Crippen molar-refractivity contribution >= 4 is 63.8 Å². The first kappa shape index (κ1) is 35.7. The van der Waals surface area contributed by atoms with Crippen LogP contribution in [0.5, 0.6) is 0 Å². The van der Waals surface area contributed by atoms with Crippen LogP contribution in [0, 0.1) is 5.92 Å². The molecule has 5 aliphatic rings. The number of methoxy groups -OCH3 is 1. The first-order valence-corrected chi connectivity index (χ1v) is 17.8. The number of carbonyl (C=O) groups excluding carboxylic acids is 4. The molecule has 2 saturated heterocycles. The number of fused-ring (bicyclic) bond motifs is 4. The van der Waals surface area contributed by atoms with Gasteiger partial charge in [-0.3, -0.25) is 9.59 Å². The summed E-state index contributed by atoms with van der Waals surface area (Å²) < 4.78 is 10.8. The minimum absolute atomic E-state index is 0.0586. The number of hydrogen-bond donors (Lipinski definition) is 3. The number of nitrogens with zero attached hydrogens (tertiary/aromatic N) is 4. The molecule has 1 aliphatic carbocycles. The van der Waals surface area contributed by atoms with E-state index < -0.39 is 23.5 Å². The van der Waals surface area contributed by atoms with Crippen molar-refractivity contribution < 1.29 is 28.7 Å². The number of piperazine rings is 1. The van der Waals surface area contributed by atoms with Gasteiger partial charge >= 0.3 is 12.1 Å². The molecule has 0 radical (unpaired) electrons. The molecule has 2 aromatic rings. The number of nitrogens with two attached hydrogens (primary N) is 2.